The number of likely N-dealkylation sites (N-methyl/N-ethyl adjacent to an activating group) is 1. The third-order valence-electron chi connectivity index (χ3n) is 7.98. The Morgan fingerprint density at radius 2 is 2.15 bits per heavy atom. The highest BCUT2D eigenvalue weighted by Crippen LogP contribution is 2.61. The predicted octanol–water partition coefficient (Wildman–Crippen LogP) is 2.45. The first kappa shape index (κ1) is 23.3. The fourth-order valence-corrected chi connectivity index (χ4v) is 6.12. The van der Waals surface area contributed by atoms with Crippen molar-refractivity contribution in [2.75, 3.05) is 26.8 Å². The van der Waals surface area contributed by atoms with E-state index in [1.807, 2.05) is 6.07 Å². The minimum Gasteiger partial charge on any atom is -0.508 e. The summed E-state index contributed by atoms with van der Waals surface area (Å²) in [7, 11) is 1.51. The first-order chi connectivity index (χ1) is 15.7. The number of carbonyl (C=O) groups excluding carboxylic acids is 1. The molecule has 33 heavy (non-hydrogen) atoms. The molecule has 0 heterocycles. The number of phenolic OH excluding ortho intramolecular Hbond substituents is 1. The van der Waals surface area contributed by atoms with Crippen LogP contribution in [0.3, 0.4) is 0 Å². The smallest absolute Gasteiger partial charge is 0.294 e. The lowest BCUT2D eigenvalue weighted by Gasteiger charge is -2.50. The van der Waals surface area contributed by atoms with Crippen molar-refractivity contribution in [3.05, 3.63) is 39.4 Å². The highest BCUT2D eigenvalue weighted by Gasteiger charge is 2.55. The first-order valence-electron chi connectivity index (χ1n) is 11.4. The third kappa shape index (κ3) is 4.48. The van der Waals surface area contributed by atoms with E-state index in [0.717, 1.165) is 36.8 Å². The molecule has 5 atom stereocenters. The lowest BCUT2D eigenvalue weighted by atomic mass is 9.55. The summed E-state index contributed by atoms with van der Waals surface area (Å²) in [4.78, 5) is 33.4. The summed E-state index contributed by atoms with van der Waals surface area (Å²) < 4.78 is 0. The lowest BCUT2D eigenvalue weighted by Crippen LogP contribution is -2.45. The average molecular weight is 462 g/mol. The number of amides is 1. The molecular weight excluding hydrogens is 430 g/mol. The molecule has 10 heteroatoms. The Hall–Kier alpha value is -2.88. The molecule has 0 unspecified atom stereocenters. The monoisotopic (exact) mass is 461 g/mol. The molecule has 0 bridgehead atoms. The Morgan fingerprint density at radius 1 is 1.36 bits per heavy atom. The van der Waals surface area contributed by atoms with Gasteiger partial charge in [0.15, 0.2) is 6.61 Å². The van der Waals surface area contributed by atoms with Crippen molar-refractivity contribution in [1.29, 1.82) is 0 Å². The number of fused-ring (bicyclic) bond motifs is 5. The van der Waals surface area contributed by atoms with E-state index in [4.69, 9.17) is 4.84 Å². The van der Waals surface area contributed by atoms with Crippen LogP contribution >= 0.6 is 0 Å². The molecular formula is C23H31N3O7. The molecule has 0 aromatic heterocycles. The Kier molecular flexibility index (Phi) is 6.47. The Morgan fingerprint density at radius 3 is 2.91 bits per heavy atom. The van der Waals surface area contributed by atoms with Gasteiger partial charge in [-0.15, -0.1) is 10.1 Å². The fourth-order valence-electron chi connectivity index (χ4n) is 6.12. The summed E-state index contributed by atoms with van der Waals surface area (Å²) in [6.45, 7) is 1.73. The van der Waals surface area contributed by atoms with E-state index in [9.17, 15) is 25.1 Å². The predicted molar refractivity (Wildman–Crippen MR) is 118 cm³/mol. The van der Waals surface area contributed by atoms with Gasteiger partial charge in [-0.2, -0.15) is 0 Å². The molecule has 0 radical (unpaired) electrons. The average Bonchev–Trinajstić information content (AvgIpc) is 3.08. The minimum absolute atomic E-state index is 0.0583. The van der Waals surface area contributed by atoms with Gasteiger partial charge in [-0.05, 0) is 73.0 Å². The summed E-state index contributed by atoms with van der Waals surface area (Å²) in [5, 5.41) is 34.4. The molecule has 2 N–H and O–H groups in total. The van der Waals surface area contributed by atoms with E-state index in [-0.39, 0.29) is 42.9 Å². The van der Waals surface area contributed by atoms with E-state index in [2.05, 4.69) is 16.9 Å². The van der Waals surface area contributed by atoms with Crippen LogP contribution in [0.2, 0.25) is 0 Å². The second-order valence-electron chi connectivity index (χ2n) is 9.67. The van der Waals surface area contributed by atoms with Crippen LogP contribution in [0.15, 0.2) is 23.4 Å². The number of aliphatic hydroxyl groups is 1. The zero-order valence-corrected chi connectivity index (χ0v) is 19.0. The van der Waals surface area contributed by atoms with Gasteiger partial charge in [-0.3, -0.25) is 4.79 Å². The van der Waals surface area contributed by atoms with Crippen LogP contribution in [0, 0.1) is 27.4 Å². The number of carbonyl (C=O) groups is 1. The molecule has 2 saturated carbocycles. The van der Waals surface area contributed by atoms with Crippen molar-refractivity contribution in [3.8, 4) is 5.75 Å². The maximum atomic E-state index is 12.3. The van der Waals surface area contributed by atoms with Gasteiger partial charge in [0.1, 0.15) is 12.4 Å². The number of hydrogen-bond acceptors (Lipinski definition) is 8. The number of benzene rings is 1. The fraction of sp³-hybridized carbons (Fsp3) is 0.652. The molecule has 4 rings (SSSR count). The standard InChI is InChI=1S/C23H31N3O7/c1-23-8-7-16-15-4-3-14(27)11-18(15)20(12-17(16)19(23)5-6-21(23)28)24-32-13-22(29)25(2)9-10-33-26(30)31/h3-4,11,16-17,19,21,27-28H,5-10,12-13H2,1-2H3/t16-,17-,19+,21+,23+/m1/s1. The van der Waals surface area contributed by atoms with Crippen LogP contribution < -0.4 is 0 Å². The largest absolute Gasteiger partial charge is 0.508 e. The number of aliphatic hydroxyl groups excluding tert-OH is 1. The molecule has 180 valence electrons. The molecule has 2 fully saturated rings. The number of oxime groups is 1. The summed E-state index contributed by atoms with van der Waals surface area (Å²) in [6, 6.07) is 5.36. The summed E-state index contributed by atoms with van der Waals surface area (Å²) in [5.41, 5.74) is 2.58. The van der Waals surface area contributed by atoms with Gasteiger partial charge in [0.25, 0.3) is 11.0 Å². The van der Waals surface area contributed by atoms with Gasteiger partial charge < -0.3 is 24.8 Å². The van der Waals surface area contributed by atoms with Crippen molar-refractivity contribution in [2.24, 2.45) is 22.4 Å². The second-order valence-corrected chi connectivity index (χ2v) is 9.67. The third-order valence-corrected chi connectivity index (χ3v) is 7.98. The zero-order chi connectivity index (χ0) is 23.8. The van der Waals surface area contributed by atoms with E-state index in [0.29, 0.717) is 29.9 Å². The molecule has 1 amide bonds. The maximum Gasteiger partial charge on any atom is 0.294 e. The minimum atomic E-state index is -0.899. The van der Waals surface area contributed by atoms with Crippen molar-refractivity contribution >= 4 is 11.6 Å². The Bertz CT molecular complexity index is 952. The van der Waals surface area contributed by atoms with Gasteiger partial charge in [-0.25, -0.2) is 0 Å². The molecule has 1 aromatic rings. The number of aromatic hydroxyl groups is 1. The summed E-state index contributed by atoms with van der Waals surface area (Å²) in [6.07, 6.45) is 4.14. The van der Waals surface area contributed by atoms with Crippen LogP contribution in [0.5, 0.6) is 5.75 Å². The molecule has 1 aromatic carbocycles. The number of rotatable bonds is 7. The van der Waals surface area contributed by atoms with E-state index in [1.165, 1.54) is 11.9 Å². The van der Waals surface area contributed by atoms with Crippen LogP contribution in [0.1, 0.15) is 56.1 Å². The summed E-state index contributed by atoms with van der Waals surface area (Å²) in [5.74, 6) is 0.821. The van der Waals surface area contributed by atoms with Gasteiger partial charge >= 0.3 is 0 Å². The van der Waals surface area contributed by atoms with Gasteiger partial charge in [-0.1, -0.05) is 18.1 Å². The van der Waals surface area contributed by atoms with E-state index >= 15 is 0 Å². The molecule has 3 aliphatic carbocycles. The molecule has 3 aliphatic rings. The zero-order valence-electron chi connectivity index (χ0n) is 19.0. The highest BCUT2D eigenvalue weighted by molar-refractivity contribution is 6.03. The lowest BCUT2D eigenvalue weighted by molar-refractivity contribution is -0.757. The van der Waals surface area contributed by atoms with Crippen molar-refractivity contribution in [3.63, 3.8) is 0 Å². The van der Waals surface area contributed by atoms with Crippen LogP contribution in [-0.4, -0.2) is 64.7 Å². The van der Waals surface area contributed by atoms with Gasteiger partial charge in [0.2, 0.25) is 0 Å². The van der Waals surface area contributed by atoms with Crippen molar-refractivity contribution in [1.82, 2.24) is 4.90 Å². The van der Waals surface area contributed by atoms with Crippen molar-refractivity contribution < 1.29 is 29.8 Å². The van der Waals surface area contributed by atoms with Crippen LogP contribution in [-0.2, 0) is 14.5 Å². The molecule has 10 nitrogen and oxygen atoms in total. The number of hydrogen-bond donors (Lipinski definition) is 2. The Balaban J connectivity index is 1.49. The highest BCUT2D eigenvalue weighted by atomic mass is 16.9. The topological polar surface area (TPSA) is 135 Å². The van der Waals surface area contributed by atoms with Gasteiger partial charge in [0, 0.05) is 19.2 Å². The molecule has 0 saturated heterocycles. The second kappa shape index (κ2) is 9.17. The number of nitrogens with zero attached hydrogens (tertiary/aromatic N) is 3. The van der Waals surface area contributed by atoms with E-state index < -0.39 is 5.09 Å². The number of phenols is 1. The van der Waals surface area contributed by atoms with E-state index in [1.54, 1.807) is 12.1 Å². The van der Waals surface area contributed by atoms with Crippen LogP contribution in [0.25, 0.3) is 0 Å². The maximum absolute atomic E-state index is 12.3. The van der Waals surface area contributed by atoms with Gasteiger partial charge in [0.05, 0.1) is 11.8 Å². The summed E-state index contributed by atoms with van der Waals surface area (Å²) >= 11 is 0. The molecule has 0 spiro atoms. The quantitative estimate of drug-likeness (QED) is 0.470. The first-order valence-corrected chi connectivity index (χ1v) is 11.4. The molecule has 0 aliphatic heterocycles. The van der Waals surface area contributed by atoms with Crippen molar-refractivity contribution in [2.45, 2.75) is 51.0 Å². The van der Waals surface area contributed by atoms with Crippen LogP contribution in [0.4, 0.5) is 0 Å². The SMILES string of the molecule is CN(CCO[N+](=O)[O-])C(=O)CON=C1C[C@@H]2[C@H](CC[C@]3(C)[C@@H](O)CC[C@@H]23)c2ccc(O)cc21. The normalized spacial score (nSPS) is 31.3. The Labute approximate surface area is 192 Å².